The molecule has 36 heavy (non-hydrogen) atoms. The maximum absolute atomic E-state index is 14.1. The molecule has 2 unspecified atom stereocenters. The van der Waals surface area contributed by atoms with Gasteiger partial charge in [0.25, 0.3) is 5.91 Å². The zero-order valence-electron chi connectivity index (χ0n) is 19.5. The van der Waals surface area contributed by atoms with E-state index in [1.54, 1.807) is 24.0 Å². The first-order valence-corrected chi connectivity index (χ1v) is 12.2. The van der Waals surface area contributed by atoms with E-state index in [0.29, 0.717) is 27.1 Å². The molecule has 0 saturated carbocycles. The molecule has 2 atom stereocenters. The molecule has 5 rings (SSSR count). The molecule has 184 valence electrons. The number of hydrogen-bond acceptors (Lipinski definition) is 7. The molecular formula is C24H20ClFN6O3S. The van der Waals surface area contributed by atoms with Crippen LogP contribution in [0, 0.1) is 24.1 Å². The second-order valence-electron chi connectivity index (χ2n) is 8.35. The number of halogens is 2. The number of nitriles is 1. The van der Waals surface area contributed by atoms with Gasteiger partial charge in [-0.3, -0.25) is 14.5 Å². The highest BCUT2D eigenvalue weighted by Crippen LogP contribution is 2.48. The van der Waals surface area contributed by atoms with Crippen molar-refractivity contribution in [2.24, 2.45) is 7.05 Å². The number of aryl methyl sites for hydroxylation is 2. The van der Waals surface area contributed by atoms with Gasteiger partial charge in [0.05, 0.1) is 54.1 Å². The minimum absolute atomic E-state index is 0.0148. The highest BCUT2D eigenvalue weighted by molar-refractivity contribution is 8.09. The number of aromatic nitrogens is 3. The molecule has 12 heteroatoms. The Bertz CT molecular complexity index is 1500. The van der Waals surface area contributed by atoms with Gasteiger partial charge in [0, 0.05) is 29.8 Å². The van der Waals surface area contributed by atoms with Gasteiger partial charge >= 0.3 is 6.03 Å². The molecule has 3 amide bonds. The first-order chi connectivity index (χ1) is 17.3. The number of hydrogen-bond donors (Lipinski definition) is 0. The maximum Gasteiger partial charge on any atom is 0.332 e. The average molecular weight is 527 g/mol. The lowest BCUT2D eigenvalue weighted by Crippen LogP contribution is -2.62. The molecule has 1 saturated heterocycles. The van der Waals surface area contributed by atoms with Gasteiger partial charge in [0.1, 0.15) is 10.8 Å². The van der Waals surface area contributed by atoms with E-state index in [2.05, 4.69) is 16.2 Å². The predicted octanol–water partition coefficient (Wildman–Crippen LogP) is 4.29. The molecule has 3 aromatic rings. The van der Waals surface area contributed by atoms with Crippen molar-refractivity contribution >= 4 is 56.8 Å². The fraction of sp³-hybridized carbons (Fsp3) is 0.292. The number of pyridine rings is 1. The molecule has 0 aliphatic carbocycles. The van der Waals surface area contributed by atoms with Crippen molar-refractivity contribution in [3.63, 3.8) is 0 Å². The van der Waals surface area contributed by atoms with E-state index in [4.69, 9.17) is 16.3 Å². The third-order valence-corrected chi connectivity index (χ3v) is 8.03. The molecule has 0 radical (unpaired) electrons. The quantitative estimate of drug-likeness (QED) is 0.488. The van der Waals surface area contributed by atoms with E-state index >= 15 is 0 Å². The first-order valence-electron chi connectivity index (χ1n) is 11.0. The van der Waals surface area contributed by atoms with Crippen molar-refractivity contribution in [3.05, 3.63) is 52.7 Å². The summed E-state index contributed by atoms with van der Waals surface area (Å²) >= 11 is 7.58. The second-order valence-corrected chi connectivity index (χ2v) is 9.94. The van der Waals surface area contributed by atoms with Gasteiger partial charge in [-0.15, -0.1) is 11.8 Å². The van der Waals surface area contributed by atoms with Crippen LogP contribution in [0.25, 0.3) is 15.8 Å². The second kappa shape index (κ2) is 9.11. The predicted molar refractivity (Wildman–Crippen MR) is 134 cm³/mol. The first kappa shape index (κ1) is 24.1. The smallest absolute Gasteiger partial charge is 0.332 e. The summed E-state index contributed by atoms with van der Waals surface area (Å²) in [6.07, 6.45) is 4.91. The summed E-state index contributed by atoms with van der Waals surface area (Å²) in [6, 6.07) is 3.54. The monoisotopic (exact) mass is 526 g/mol. The van der Waals surface area contributed by atoms with E-state index < -0.39 is 29.0 Å². The number of carbonyl (C=O) groups excluding carboxylic acids is 2. The van der Waals surface area contributed by atoms with Crippen LogP contribution in [0.3, 0.4) is 0 Å². The van der Waals surface area contributed by atoms with Crippen molar-refractivity contribution in [1.29, 1.82) is 5.26 Å². The van der Waals surface area contributed by atoms with Crippen LogP contribution in [-0.2, 0) is 11.8 Å². The molecule has 0 N–H and O–H groups in total. The Balaban J connectivity index is 1.60. The van der Waals surface area contributed by atoms with Crippen molar-refractivity contribution in [2.75, 3.05) is 18.6 Å². The number of thioether (sulfide) groups is 1. The molecule has 2 aliphatic rings. The Morgan fingerprint density at radius 2 is 2.08 bits per heavy atom. The average Bonchev–Trinajstić information content (AvgIpc) is 3.41. The number of urea groups is 1. The summed E-state index contributed by atoms with van der Waals surface area (Å²) in [6.45, 7) is 1.97. The van der Waals surface area contributed by atoms with Crippen molar-refractivity contribution in [1.82, 2.24) is 19.7 Å². The Morgan fingerprint density at radius 3 is 2.81 bits per heavy atom. The molecule has 2 aliphatic heterocycles. The topological polar surface area (TPSA) is 104 Å². The van der Waals surface area contributed by atoms with Gasteiger partial charge in [-0.2, -0.15) is 10.4 Å². The molecule has 1 aromatic carbocycles. The molecule has 1 fully saturated rings. The minimum Gasteiger partial charge on any atom is -0.494 e. The number of carbonyl (C=O) groups is 2. The van der Waals surface area contributed by atoms with Gasteiger partial charge in [0.2, 0.25) is 0 Å². The van der Waals surface area contributed by atoms with Gasteiger partial charge < -0.3 is 9.64 Å². The van der Waals surface area contributed by atoms with E-state index in [1.165, 1.54) is 36.0 Å². The zero-order valence-corrected chi connectivity index (χ0v) is 21.1. The van der Waals surface area contributed by atoms with Crippen LogP contribution in [0.4, 0.5) is 14.9 Å². The number of ether oxygens (including phenoxy) is 1. The van der Waals surface area contributed by atoms with Crippen LogP contribution in [0.15, 0.2) is 30.6 Å². The number of methoxy groups -OCH3 is 1. The SMILES string of the molecule is COc1cc(C2=CC3C(S2)C(=O)N(c2cncc4nn(C)c(C)c24)C(=O)N3CCC#N)c(Cl)cc1F. The summed E-state index contributed by atoms with van der Waals surface area (Å²) in [5, 5.41) is 13.7. The lowest BCUT2D eigenvalue weighted by Gasteiger charge is -2.40. The highest BCUT2D eigenvalue weighted by Gasteiger charge is 2.50. The minimum atomic E-state index is -0.698. The van der Waals surface area contributed by atoms with Gasteiger partial charge in [-0.1, -0.05) is 11.6 Å². The Hall–Kier alpha value is -3.62. The van der Waals surface area contributed by atoms with Crippen LogP contribution < -0.4 is 9.64 Å². The molecular weight excluding hydrogens is 507 g/mol. The van der Waals surface area contributed by atoms with Gasteiger partial charge in [0.15, 0.2) is 11.6 Å². The summed E-state index contributed by atoms with van der Waals surface area (Å²) in [4.78, 5) is 35.0. The fourth-order valence-corrected chi connectivity index (χ4v) is 6.20. The highest BCUT2D eigenvalue weighted by atomic mass is 35.5. The number of nitrogens with zero attached hydrogens (tertiary/aromatic N) is 6. The summed E-state index contributed by atoms with van der Waals surface area (Å²) in [7, 11) is 3.13. The molecule has 0 bridgehead atoms. The van der Waals surface area contributed by atoms with E-state index in [1.807, 2.05) is 6.92 Å². The normalized spacial score (nSPS) is 19.5. The third kappa shape index (κ3) is 3.68. The van der Waals surface area contributed by atoms with Crippen LogP contribution in [0.1, 0.15) is 17.7 Å². The van der Waals surface area contributed by atoms with Crippen molar-refractivity contribution < 1.29 is 18.7 Å². The molecule has 4 heterocycles. The fourth-order valence-electron chi connectivity index (χ4n) is 4.53. The summed E-state index contributed by atoms with van der Waals surface area (Å²) in [5.74, 6) is -1.01. The van der Waals surface area contributed by atoms with Crippen LogP contribution in [0.5, 0.6) is 5.75 Å². The summed E-state index contributed by atoms with van der Waals surface area (Å²) in [5.41, 5.74) is 2.16. The third-order valence-electron chi connectivity index (χ3n) is 6.37. The molecule has 2 aromatic heterocycles. The van der Waals surface area contributed by atoms with Crippen LogP contribution in [0.2, 0.25) is 5.02 Å². The lowest BCUT2D eigenvalue weighted by molar-refractivity contribution is -0.119. The number of benzene rings is 1. The summed E-state index contributed by atoms with van der Waals surface area (Å²) < 4.78 is 20.9. The number of fused-ring (bicyclic) bond motifs is 2. The zero-order chi connectivity index (χ0) is 25.7. The lowest BCUT2D eigenvalue weighted by atomic mass is 10.0. The van der Waals surface area contributed by atoms with Crippen LogP contribution >= 0.6 is 23.4 Å². The molecule has 0 spiro atoms. The standard InChI is InChI=1S/C24H20ClFN6O3S/c1-12-21-16(29-30(12)2)10-28-11-18(21)32-23(33)22-17(31(24(32)34)6-4-5-27)9-20(36-22)13-7-19(35-3)15(26)8-14(13)25/h7-11,17,22H,4,6H2,1-3H3. The van der Waals surface area contributed by atoms with Crippen LogP contribution in [-0.4, -0.2) is 56.5 Å². The van der Waals surface area contributed by atoms with E-state index in [9.17, 15) is 19.2 Å². The van der Waals surface area contributed by atoms with Crippen molar-refractivity contribution in [2.45, 2.75) is 24.6 Å². The van der Waals surface area contributed by atoms with Gasteiger partial charge in [-0.25, -0.2) is 14.1 Å². The van der Waals surface area contributed by atoms with E-state index in [0.717, 1.165) is 16.7 Å². The van der Waals surface area contributed by atoms with E-state index in [-0.39, 0.29) is 23.7 Å². The Morgan fingerprint density at radius 1 is 1.31 bits per heavy atom. The number of imide groups is 1. The Kier molecular flexibility index (Phi) is 6.10. The largest absolute Gasteiger partial charge is 0.494 e. The maximum atomic E-state index is 14.1. The number of anilines is 1. The number of amides is 3. The van der Waals surface area contributed by atoms with Crippen molar-refractivity contribution in [3.8, 4) is 11.8 Å². The Labute approximate surface area is 215 Å². The number of rotatable bonds is 5. The van der Waals surface area contributed by atoms with Gasteiger partial charge in [-0.05, 0) is 25.1 Å². The molecule has 9 nitrogen and oxygen atoms in total.